The van der Waals surface area contributed by atoms with E-state index in [4.69, 9.17) is 19.3 Å². The van der Waals surface area contributed by atoms with Crippen molar-refractivity contribution in [1.29, 1.82) is 0 Å². The summed E-state index contributed by atoms with van der Waals surface area (Å²) in [7, 11) is -3.91. The van der Waals surface area contributed by atoms with Gasteiger partial charge in [-0.15, -0.1) is 0 Å². The molecule has 1 aliphatic heterocycles. The minimum absolute atomic E-state index is 0.0534. The number of nitrogens with two attached hydrogens (primary N) is 1. The molecule has 32 heavy (non-hydrogen) atoms. The van der Waals surface area contributed by atoms with Crippen molar-refractivity contribution in [3.8, 4) is 0 Å². The molecule has 2 aromatic rings. The summed E-state index contributed by atoms with van der Waals surface area (Å²) >= 11 is 0. The molecule has 1 saturated heterocycles. The topological polar surface area (TPSA) is 97.3 Å². The lowest BCUT2D eigenvalue weighted by atomic mass is 10.2. The molecule has 0 saturated carbocycles. The average Bonchev–Trinajstić information content (AvgIpc) is 3.22. The number of ether oxygens (including phenoxy) is 1. The second-order valence-corrected chi connectivity index (χ2v) is 21.5. The highest BCUT2D eigenvalue weighted by atomic mass is 28.4. The quantitative estimate of drug-likeness (QED) is 0.575. The van der Waals surface area contributed by atoms with Crippen LogP contribution in [0.15, 0.2) is 12.7 Å². The Balaban J connectivity index is 1.87. The molecule has 180 valence electrons. The van der Waals surface area contributed by atoms with Crippen LogP contribution in [-0.4, -0.2) is 55.0 Å². The van der Waals surface area contributed by atoms with E-state index in [1.165, 1.54) is 6.33 Å². The van der Waals surface area contributed by atoms with Crippen molar-refractivity contribution in [1.82, 2.24) is 19.5 Å². The fraction of sp³-hybridized carbons (Fsp3) is 0.773. The minimum atomic E-state index is -2.00. The third-order valence-corrected chi connectivity index (χ3v) is 16.5. The highest BCUT2D eigenvalue weighted by molar-refractivity contribution is 6.74. The van der Waals surface area contributed by atoms with Gasteiger partial charge < -0.3 is 19.3 Å². The first kappa shape index (κ1) is 25.3. The first-order valence-electron chi connectivity index (χ1n) is 11.4. The largest absolute Gasteiger partial charge is 0.414 e. The van der Waals surface area contributed by atoms with E-state index in [-0.39, 0.29) is 28.5 Å². The zero-order valence-corrected chi connectivity index (χ0v) is 23.4. The molecule has 0 radical (unpaired) electrons. The van der Waals surface area contributed by atoms with Crippen LogP contribution in [-0.2, 0) is 13.6 Å². The van der Waals surface area contributed by atoms with E-state index in [2.05, 4.69) is 82.7 Å². The second kappa shape index (κ2) is 8.46. The van der Waals surface area contributed by atoms with Gasteiger partial charge in [0.2, 0.25) is 0 Å². The van der Waals surface area contributed by atoms with Crippen LogP contribution in [0, 0.1) is 0 Å². The lowest BCUT2D eigenvalue weighted by molar-refractivity contribution is -0.0383. The van der Waals surface area contributed by atoms with Gasteiger partial charge in [0.05, 0.1) is 19.0 Å². The van der Waals surface area contributed by atoms with E-state index < -0.39 is 16.6 Å². The van der Waals surface area contributed by atoms with Crippen LogP contribution >= 0.6 is 0 Å². The van der Waals surface area contributed by atoms with Gasteiger partial charge in [-0.25, -0.2) is 15.0 Å². The van der Waals surface area contributed by atoms with Gasteiger partial charge in [-0.3, -0.25) is 4.57 Å². The van der Waals surface area contributed by atoms with Crippen molar-refractivity contribution in [2.45, 2.75) is 103 Å². The molecule has 0 aliphatic carbocycles. The number of rotatable bonds is 6. The Morgan fingerprint density at radius 1 is 1.03 bits per heavy atom. The summed E-state index contributed by atoms with van der Waals surface area (Å²) in [5.74, 6) is 0.374. The number of hydrogen-bond acceptors (Lipinski definition) is 7. The summed E-state index contributed by atoms with van der Waals surface area (Å²) in [6.45, 7) is 23.2. The third-order valence-electron chi connectivity index (χ3n) is 7.54. The monoisotopic (exact) mass is 479 g/mol. The smallest absolute Gasteiger partial charge is 0.192 e. The molecular weight excluding hydrogens is 438 g/mol. The van der Waals surface area contributed by atoms with Crippen molar-refractivity contribution in [3.63, 3.8) is 0 Å². The number of aromatic nitrogens is 4. The van der Waals surface area contributed by atoms with Crippen LogP contribution in [0.5, 0.6) is 0 Å². The Labute approximate surface area is 194 Å². The Morgan fingerprint density at radius 3 is 2.25 bits per heavy atom. The maximum absolute atomic E-state index is 6.85. The Hall–Kier alpha value is -1.34. The Bertz CT molecular complexity index is 949. The minimum Gasteiger partial charge on any atom is -0.414 e. The molecule has 3 atom stereocenters. The van der Waals surface area contributed by atoms with Gasteiger partial charge in [0.1, 0.15) is 24.2 Å². The fourth-order valence-corrected chi connectivity index (χ4v) is 5.66. The van der Waals surface area contributed by atoms with E-state index in [9.17, 15) is 0 Å². The van der Waals surface area contributed by atoms with Crippen LogP contribution in [0.25, 0.3) is 11.2 Å². The van der Waals surface area contributed by atoms with Gasteiger partial charge in [-0.05, 0) is 36.3 Å². The lowest BCUT2D eigenvalue weighted by Crippen LogP contribution is -2.48. The number of fused-ring (bicyclic) bond motifs is 1. The fourth-order valence-electron chi connectivity index (χ4n) is 3.29. The highest BCUT2D eigenvalue weighted by Crippen LogP contribution is 2.42. The molecule has 3 heterocycles. The Kier molecular flexibility index (Phi) is 6.69. The van der Waals surface area contributed by atoms with Gasteiger partial charge in [-0.1, -0.05) is 41.5 Å². The van der Waals surface area contributed by atoms with Crippen molar-refractivity contribution in [2.24, 2.45) is 0 Å². The SMILES string of the molecule is CC(C)(C)[Si](C)(C)OC[C@H]1O[C@@H](n2cnc3c(N)ncnc32)CC1O[Si](C)(C)C(C)(C)C. The molecule has 2 aromatic heterocycles. The predicted molar refractivity (Wildman–Crippen MR) is 133 cm³/mol. The average molecular weight is 480 g/mol. The summed E-state index contributed by atoms with van der Waals surface area (Å²) in [5.41, 5.74) is 7.26. The normalized spacial score (nSPS) is 23.2. The Morgan fingerprint density at radius 2 is 1.66 bits per heavy atom. The molecular formula is C22H41N5O3Si2. The zero-order chi connectivity index (χ0) is 24.1. The van der Waals surface area contributed by atoms with Crippen molar-refractivity contribution >= 4 is 33.6 Å². The van der Waals surface area contributed by atoms with E-state index in [0.29, 0.717) is 30.0 Å². The highest BCUT2D eigenvalue weighted by Gasteiger charge is 2.46. The molecule has 0 amide bonds. The van der Waals surface area contributed by atoms with E-state index in [1.54, 1.807) is 6.33 Å². The first-order valence-corrected chi connectivity index (χ1v) is 17.3. The number of anilines is 1. The standard InChI is InChI=1S/C22H41N5O3Si2/c1-21(2,3)31(7,8)28-12-16-15(30-32(9,10)22(4,5)6)11-17(29-16)27-14-26-18-19(23)24-13-25-20(18)27/h13-17H,11-12H2,1-10H3,(H2,23,24,25)/t15?,16-,17-/m1/s1. The maximum atomic E-state index is 6.85. The zero-order valence-electron chi connectivity index (χ0n) is 21.4. The van der Waals surface area contributed by atoms with Crippen LogP contribution in [0.4, 0.5) is 5.82 Å². The van der Waals surface area contributed by atoms with Gasteiger partial charge in [0.25, 0.3) is 0 Å². The summed E-state index contributed by atoms with van der Waals surface area (Å²) in [6, 6.07) is 0. The van der Waals surface area contributed by atoms with Crippen LogP contribution in [0.3, 0.4) is 0 Å². The summed E-state index contributed by atoms with van der Waals surface area (Å²) in [4.78, 5) is 12.9. The second-order valence-electron chi connectivity index (χ2n) is 11.9. The summed E-state index contributed by atoms with van der Waals surface area (Å²) in [6.07, 6.45) is 3.47. The number of nitrogens with zero attached hydrogens (tertiary/aromatic N) is 4. The van der Waals surface area contributed by atoms with E-state index in [0.717, 1.165) is 0 Å². The molecule has 0 aromatic carbocycles. The van der Waals surface area contributed by atoms with Gasteiger partial charge in [0.15, 0.2) is 28.1 Å². The number of nitrogen functional groups attached to an aromatic ring is 1. The summed E-state index contributed by atoms with van der Waals surface area (Å²) < 4.78 is 21.9. The van der Waals surface area contributed by atoms with E-state index in [1.807, 2.05) is 4.57 Å². The van der Waals surface area contributed by atoms with Gasteiger partial charge in [0, 0.05) is 6.42 Å². The molecule has 1 aliphatic rings. The molecule has 1 unspecified atom stereocenters. The van der Waals surface area contributed by atoms with Gasteiger partial charge >= 0.3 is 0 Å². The molecule has 0 spiro atoms. The predicted octanol–water partition coefficient (Wildman–Crippen LogP) is 5.11. The van der Waals surface area contributed by atoms with E-state index >= 15 is 0 Å². The first-order chi connectivity index (χ1) is 14.5. The van der Waals surface area contributed by atoms with Crippen LogP contribution in [0.1, 0.15) is 54.2 Å². The molecule has 2 N–H and O–H groups in total. The van der Waals surface area contributed by atoms with Crippen molar-refractivity contribution in [2.75, 3.05) is 12.3 Å². The molecule has 3 rings (SSSR count). The number of hydrogen-bond donors (Lipinski definition) is 1. The lowest BCUT2D eigenvalue weighted by Gasteiger charge is -2.40. The third kappa shape index (κ3) is 4.94. The molecule has 8 nitrogen and oxygen atoms in total. The molecule has 10 heteroatoms. The van der Waals surface area contributed by atoms with Gasteiger partial charge in [-0.2, -0.15) is 0 Å². The van der Waals surface area contributed by atoms with Crippen LogP contribution < -0.4 is 5.73 Å². The summed E-state index contributed by atoms with van der Waals surface area (Å²) in [5, 5.41) is 0.245. The van der Waals surface area contributed by atoms with Crippen LogP contribution in [0.2, 0.25) is 36.3 Å². The molecule has 1 fully saturated rings. The number of imidazole rings is 1. The van der Waals surface area contributed by atoms with Crippen molar-refractivity contribution in [3.05, 3.63) is 12.7 Å². The van der Waals surface area contributed by atoms with Crippen molar-refractivity contribution < 1.29 is 13.6 Å². The maximum Gasteiger partial charge on any atom is 0.192 e. The molecule has 0 bridgehead atoms.